The van der Waals surface area contributed by atoms with Gasteiger partial charge in [-0.15, -0.1) is 0 Å². The highest BCUT2D eigenvalue weighted by molar-refractivity contribution is 5.94. The monoisotopic (exact) mass is 337 g/mol. The van der Waals surface area contributed by atoms with Gasteiger partial charge < -0.3 is 10.2 Å². The van der Waals surface area contributed by atoms with E-state index >= 15 is 0 Å². The molecule has 1 saturated heterocycles. The molecule has 3 aromatic rings. The van der Waals surface area contributed by atoms with Crippen molar-refractivity contribution in [1.82, 2.24) is 19.9 Å². The Morgan fingerprint density at radius 1 is 1.24 bits per heavy atom. The van der Waals surface area contributed by atoms with Crippen LogP contribution in [0.25, 0.3) is 11.0 Å². The molecule has 0 radical (unpaired) electrons. The molecule has 25 heavy (non-hydrogen) atoms. The van der Waals surface area contributed by atoms with Gasteiger partial charge in [-0.25, -0.2) is 9.37 Å². The standard InChI is InChI=1S/C18H16FN5O/c19-13-8-16-17(22-10-13)15(3-6-21-16)23-14-4-7-24(11-14)18(25)12-2-1-5-20-9-12/h1-3,5-6,8-10,14H,4,7,11H2,(H,21,23). The first-order valence-electron chi connectivity index (χ1n) is 8.07. The van der Waals surface area contributed by atoms with E-state index in [4.69, 9.17) is 0 Å². The van der Waals surface area contributed by atoms with Gasteiger partial charge in [-0.1, -0.05) is 0 Å². The molecule has 1 amide bonds. The summed E-state index contributed by atoms with van der Waals surface area (Å²) >= 11 is 0. The molecule has 0 aromatic carbocycles. The number of carbonyl (C=O) groups excluding carboxylic acids is 1. The van der Waals surface area contributed by atoms with Crippen LogP contribution in [0.5, 0.6) is 0 Å². The van der Waals surface area contributed by atoms with Crippen LogP contribution in [0.2, 0.25) is 0 Å². The molecule has 0 spiro atoms. The van der Waals surface area contributed by atoms with E-state index in [1.54, 1.807) is 30.7 Å². The summed E-state index contributed by atoms with van der Waals surface area (Å²) in [6.45, 7) is 1.27. The Bertz CT molecular complexity index is 918. The van der Waals surface area contributed by atoms with Gasteiger partial charge in [0.05, 0.1) is 23.0 Å². The Morgan fingerprint density at radius 2 is 2.16 bits per heavy atom. The topological polar surface area (TPSA) is 71.0 Å². The van der Waals surface area contributed by atoms with E-state index in [2.05, 4.69) is 20.3 Å². The second-order valence-corrected chi connectivity index (χ2v) is 6.00. The molecule has 0 saturated carbocycles. The predicted octanol–water partition coefficient (Wildman–Crippen LogP) is 2.49. The maximum Gasteiger partial charge on any atom is 0.255 e. The lowest BCUT2D eigenvalue weighted by molar-refractivity contribution is 0.0791. The van der Waals surface area contributed by atoms with Crippen molar-refractivity contribution >= 4 is 22.6 Å². The van der Waals surface area contributed by atoms with Crippen LogP contribution in [-0.2, 0) is 0 Å². The van der Waals surface area contributed by atoms with Crippen LogP contribution in [0.4, 0.5) is 10.1 Å². The van der Waals surface area contributed by atoms with E-state index in [0.717, 1.165) is 12.1 Å². The molecule has 1 N–H and O–H groups in total. The molecule has 3 aromatic heterocycles. The molecule has 1 unspecified atom stereocenters. The molecule has 6 nitrogen and oxygen atoms in total. The van der Waals surface area contributed by atoms with Crippen LogP contribution in [0, 0.1) is 5.82 Å². The molecule has 1 fully saturated rings. The molecule has 126 valence electrons. The fourth-order valence-corrected chi connectivity index (χ4v) is 3.08. The molecule has 4 rings (SSSR count). The second-order valence-electron chi connectivity index (χ2n) is 6.00. The van der Waals surface area contributed by atoms with Crippen molar-refractivity contribution in [3.05, 3.63) is 60.4 Å². The predicted molar refractivity (Wildman–Crippen MR) is 91.7 cm³/mol. The molecule has 0 bridgehead atoms. The normalized spacial score (nSPS) is 17.0. The summed E-state index contributed by atoms with van der Waals surface area (Å²) in [5.74, 6) is -0.427. The summed E-state index contributed by atoms with van der Waals surface area (Å²) in [4.78, 5) is 26.6. The first-order chi connectivity index (χ1) is 12.2. The number of nitrogens with zero attached hydrogens (tertiary/aromatic N) is 4. The van der Waals surface area contributed by atoms with E-state index in [0.29, 0.717) is 29.7 Å². The zero-order valence-electron chi connectivity index (χ0n) is 13.4. The summed E-state index contributed by atoms with van der Waals surface area (Å²) in [6, 6.07) is 6.81. The Labute approximate surface area is 143 Å². The number of rotatable bonds is 3. The molecule has 1 atom stereocenters. The average Bonchev–Trinajstić information content (AvgIpc) is 3.10. The minimum absolute atomic E-state index is 0.0165. The molecule has 1 aliphatic heterocycles. The van der Waals surface area contributed by atoms with Gasteiger partial charge >= 0.3 is 0 Å². The van der Waals surface area contributed by atoms with Gasteiger partial charge in [0.1, 0.15) is 11.3 Å². The van der Waals surface area contributed by atoms with Crippen molar-refractivity contribution in [3.8, 4) is 0 Å². The fourth-order valence-electron chi connectivity index (χ4n) is 3.08. The van der Waals surface area contributed by atoms with E-state index in [1.807, 2.05) is 11.0 Å². The lowest BCUT2D eigenvalue weighted by atomic mass is 10.2. The minimum Gasteiger partial charge on any atom is -0.379 e. The minimum atomic E-state index is -0.411. The molecule has 0 aliphatic carbocycles. The molecule has 1 aliphatic rings. The Kier molecular flexibility index (Phi) is 3.97. The van der Waals surface area contributed by atoms with Gasteiger partial charge in [0.15, 0.2) is 0 Å². The lowest BCUT2D eigenvalue weighted by Gasteiger charge is -2.18. The Hall–Kier alpha value is -3.09. The molecular formula is C18H16FN5O. The first-order valence-corrected chi connectivity index (χ1v) is 8.07. The van der Waals surface area contributed by atoms with E-state index in [1.165, 1.54) is 12.3 Å². The number of fused-ring (bicyclic) bond motifs is 1. The van der Waals surface area contributed by atoms with Crippen molar-refractivity contribution < 1.29 is 9.18 Å². The van der Waals surface area contributed by atoms with Gasteiger partial charge in [-0.3, -0.25) is 14.8 Å². The van der Waals surface area contributed by atoms with Crippen molar-refractivity contribution in [1.29, 1.82) is 0 Å². The van der Waals surface area contributed by atoms with Crippen LogP contribution < -0.4 is 5.32 Å². The molecule has 4 heterocycles. The third kappa shape index (κ3) is 3.13. The summed E-state index contributed by atoms with van der Waals surface area (Å²) in [5.41, 5.74) is 2.52. The Morgan fingerprint density at radius 3 is 3.00 bits per heavy atom. The zero-order valence-corrected chi connectivity index (χ0v) is 13.4. The lowest BCUT2D eigenvalue weighted by Crippen LogP contribution is -2.31. The van der Waals surface area contributed by atoms with Crippen LogP contribution in [0.1, 0.15) is 16.8 Å². The van der Waals surface area contributed by atoms with Crippen molar-refractivity contribution in [3.63, 3.8) is 0 Å². The number of amides is 1. The number of anilines is 1. The second kappa shape index (κ2) is 6.43. The SMILES string of the molecule is O=C(c1cccnc1)N1CCC(Nc2ccnc3cc(F)cnc23)C1. The number of carbonyl (C=O) groups is 1. The number of aromatic nitrogens is 3. The van der Waals surface area contributed by atoms with Crippen molar-refractivity contribution in [2.24, 2.45) is 0 Å². The summed E-state index contributed by atoms with van der Waals surface area (Å²) in [5, 5.41) is 3.41. The number of pyridine rings is 3. The van der Waals surface area contributed by atoms with E-state index in [-0.39, 0.29) is 11.9 Å². The summed E-state index contributed by atoms with van der Waals surface area (Å²) in [6.07, 6.45) is 6.87. The highest BCUT2D eigenvalue weighted by atomic mass is 19.1. The first kappa shape index (κ1) is 15.4. The van der Waals surface area contributed by atoms with Gasteiger partial charge in [-0.05, 0) is 24.6 Å². The van der Waals surface area contributed by atoms with E-state index in [9.17, 15) is 9.18 Å². The smallest absolute Gasteiger partial charge is 0.255 e. The highest BCUT2D eigenvalue weighted by Gasteiger charge is 2.27. The van der Waals surface area contributed by atoms with Crippen LogP contribution in [-0.4, -0.2) is 44.9 Å². The van der Waals surface area contributed by atoms with Crippen LogP contribution in [0.15, 0.2) is 49.1 Å². The van der Waals surface area contributed by atoms with Gasteiger partial charge in [-0.2, -0.15) is 0 Å². The van der Waals surface area contributed by atoms with Crippen molar-refractivity contribution in [2.75, 3.05) is 18.4 Å². The van der Waals surface area contributed by atoms with Crippen molar-refractivity contribution in [2.45, 2.75) is 12.5 Å². The Balaban J connectivity index is 1.49. The highest BCUT2D eigenvalue weighted by Crippen LogP contribution is 2.23. The number of nitrogens with one attached hydrogen (secondary N) is 1. The number of halogens is 1. The quantitative estimate of drug-likeness (QED) is 0.795. The third-order valence-corrected chi connectivity index (χ3v) is 4.29. The van der Waals surface area contributed by atoms with Gasteiger partial charge in [0, 0.05) is 43.8 Å². The van der Waals surface area contributed by atoms with E-state index < -0.39 is 5.82 Å². The summed E-state index contributed by atoms with van der Waals surface area (Å²) in [7, 11) is 0. The number of likely N-dealkylation sites (tertiary alicyclic amines) is 1. The van der Waals surface area contributed by atoms with Gasteiger partial charge in [0.25, 0.3) is 5.91 Å². The number of hydrogen-bond donors (Lipinski definition) is 1. The average molecular weight is 337 g/mol. The molecular weight excluding hydrogens is 321 g/mol. The zero-order chi connectivity index (χ0) is 17.2. The maximum absolute atomic E-state index is 13.3. The maximum atomic E-state index is 13.3. The molecule has 7 heteroatoms. The van der Waals surface area contributed by atoms with Crippen LogP contribution >= 0.6 is 0 Å². The fraction of sp³-hybridized carbons (Fsp3) is 0.222. The number of hydrogen-bond acceptors (Lipinski definition) is 5. The van der Waals surface area contributed by atoms with Gasteiger partial charge in [0.2, 0.25) is 0 Å². The summed E-state index contributed by atoms with van der Waals surface area (Å²) < 4.78 is 13.3. The third-order valence-electron chi connectivity index (χ3n) is 4.29. The van der Waals surface area contributed by atoms with Crippen LogP contribution in [0.3, 0.4) is 0 Å². The largest absolute Gasteiger partial charge is 0.379 e.